The van der Waals surface area contributed by atoms with E-state index in [-0.39, 0.29) is 0 Å². The van der Waals surface area contributed by atoms with Crippen molar-refractivity contribution >= 4 is 86.4 Å². The van der Waals surface area contributed by atoms with Crippen LogP contribution in [0.1, 0.15) is 0 Å². The number of hydrogen-bond acceptors (Lipinski definition) is 0. The third-order valence-electron chi connectivity index (χ3n) is 17.6. The van der Waals surface area contributed by atoms with Crippen molar-refractivity contribution in [2.24, 2.45) is 0 Å². The van der Waals surface area contributed by atoms with Gasteiger partial charge in [-0.25, -0.2) is 0 Å². The van der Waals surface area contributed by atoms with Crippen LogP contribution in [-0.2, 0) is 0 Å². The molecule has 2 aromatic heterocycles. The van der Waals surface area contributed by atoms with Gasteiger partial charge in [0.05, 0.1) is 33.8 Å². The Hall–Kier alpha value is -11.1. The van der Waals surface area contributed by atoms with Gasteiger partial charge < -0.3 is 9.13 Å². The molecule has 0 aliphatic heterocycles. The number of benzene rings is 15. The SMILES string of the molecule is c1ccc(-c2c(-c3ccccc3)n(-c3cccc4ccccc34)c3cc4c(-c5ccc6ccccc6c5)c5cc6c(-c7ccccc7)c(-c7ccccc7)n(-c7cccc8ccccc78)c6cc5c(-c5ccc6ccccc6c5)c4cc23)cc1. The molecule has 2 heteroatoms. The molecule has 17 rings (SSSR count). The van der Waals surface area contributed by atoms with Gasteiger partial charge in [0.2, 0.25) is 0 Å². The van der Waals surface area contributed by atoms with Crippen molar-refractivity contribution in [3.8, 4) is 78.4 Å². The van der Waals surface area contributed by atoms with E-state index in [9.17, 15) is 0 Å². The molecule has 2 heterocycles. The Morgan fingerprint density at radius 3 is 0.893 bits per heavy atom. The fourth-order valence-corrected chi connectivity index (χ4v) is 13.9. The Kier molecular flexibility index (Phi) is 11.0. The standard InChI is InChI=1S/C82H52N2/c1-5-27-57(28-6-1)79-71-49-67-69(51-75(71)83(81(79)59-31-9-3-10-32-59)73-41-21-37-55-25-17-19-39-65(55)73)78(64-46-44-54-24-14-16-36-62(54)48-64)68-50-72-76(52-70(68)77(67)63-45-43-53-23-13-15-35-61(53)47-63)84(74-42-22-38-56-26-18-20-40-66(56)74)82(60-33-11-4-12-34-60)80(72)58-29-7-2-8-30-58/h1-52H. The molecule has 0 saturated heterocycles. The number of rotatable bonds is 8. The van der Waals surface area contributed by atoms with E-state index in [2.05, 4.69) is 325 Å². The highest BCUT2D eigenvalue weighted by Crippen LogP contribution is 2.53. The summed E-state index contributed by atoms with van der Waals surface area (Å²) in [6.07, 6.45) is 0. The molecule has 0 aliphatic rings. The fourth-order valence-electron chi connectivity index (χ4n) is 13.9. The van der Waals surface area contributed by atoms with Gasteiger partial charge in [0.15, 0.2) is 0 Å². The first-order valence-corrected chi connectivity index (χ1v) is 29.1. The van der Waals surface area contributed by atoms with E-state index in [1.807, 2.05) is 0 Å². The maximum absolute atomic E-state index is 2.58. The number of aromatic nitrogens is 2. The largest absolute Gasteiger partial charge is 0.308 e. The van der Waals surface area contributed by atoms with Crippen LogP contribution in [0.5, 0.6) is 0 Å². The van der Waals surface area contributed by atoms with E-state index < -0.39 is 0 Å². The summed E-state index contributed by atoms with van der Waals surface area (Å²) < 4.78 is 5.15. The molecule has 0 bridgehead atoms. The Morgan fingerprint density at radius 1 is 0.167 bits per heavy atom. The topological polar surface area (TPSA) is 9.86 Å². The number of fused-ring (bicyclic) bond motifs is 8. The second-order valence-electron chi connectivity index (χ2n) is 22.3. The van der Waals surface area contributed by atoms with Crippen LogP contribution in [0.15, 0.2) is 315 Å². The van der Waals surface area contributed by atoms with Crippen LogP contribution < -0.4 is 0 Å². The van der Waals surface area contributed by atoms with Crippen molar-refractivity contribution in [3.05, 3.63) is 315 Å². The van der Waals surface area contributed by atoms with E-state index in [0.29, 0.717) is 0 Å². The summed E-state index contributed by atoms with van der Waals surface area (Å²) in [5, 5.41) is 16.7. The maximum atomic E-state index is 2.58. The second-order valence-corrected chi connectivity index (χ2v) is 22.3. The third kappa shape index (κ3) is 7.51. The second kappa shape index (κ2) is 19.3. The molecule has 390 valence electrons. The molecule has 84 heavy (non-hydrogen) atoms. The van der Waals surface area contributed by atoms with Gasteiger partial charge in [-0.15, -0.1) is 0 Å². The van der Waals surface area contributed by atoms with Gasteiger partial charge in [0.1, 0.15) is 0 Å². The number of nitrogens with zero attached hydrogens (tertiary/aromatic N) is 2. The molecular weight excluding hydrogens is 1010 g/mol. The lowest BCUT2D eigenvalue weighted by Crippen LogP contribution is -1.99. The quantitative estimate of drug-likeness (QED) is 0.134. The van der Waals surface area contributed by atoms with E-state index >= 15 is 0 Å². The Balaban J connectivity index is 1.14. The van der Waals surface area contributed by atoms with Crippen LogP contribution in [-0.4, -0.2) is 9.13 Å². The van der Waals surface area contributed by atoms with Gasteiger partial charge in [-0.3, -0.25) is 0 Å². The summed E-state index contributed by atoms with van der Waals surface area (Å²) in [6, 6.07) is 117. The lowest BCUT2D eigenvalue weighted by Gasteiger charge is -2.20. The highest BCUT2D eigenvalue weighted by atomic mass is 15.0. The zero-order valence-corrected chi connectivity index (χ0v) is 45.9. The fraction of sp³-hybridized carbons (Fsp3) is 0. The molecule has 17 aromatic rings. The molecule has 0 spiro atoms. The molecule has 0 saturated carbocycles. The average Bonchev–Trinajstić information content (AvgIpc) is 1.85. The van der Waals surface area contributed by atoms with Crippen LogP contribution >= 0.6 is 0 Å². The van der Waals surface area contributed by atoms with E-state index in [0.717, 1.165) is 44.9 Å². The Bertz CT molecular complexity index is 5110. The third-order valence-corrected chi connectivity index (χ3v) is 17.6. The van der Waals surface area contributed by atoms with Gasteiger partial charge in [-0.1, -0.05) is 267 Å². The molecule has 2 nitrogen and oxygen atoms in total. The van der Waals surface area contributed by atoms with Gasteiger partial charge in [-0.2, -0.15) is 0 Å². The summed E-state index contributed by atoms with van der Waals surface area (Å²) in [4.78, 5) is 0. The molecule has 0 fully saturated rings. The minimum absolute atomic E-state index is 1.14. The summed E-state index contributed by atoms with van der Waals surface area (Å²) in [5.74, 6) is 0. The highest BCUT2D eigenvalue weighted by molar-refractivity contribution is 6.28. The Morgan fingerprint density at radius 2 is 0.488 bits per heavy atom. The van der Waals surface area contributed by atoms with Crippen LogP contribution in [0.3, 0.4) is 0 Å². The molecule has 0 unspecified atom stereocenters. The molecule has 0 amide bonds. The van der Waals surface area contributed by atoms with Gasteiger partial charge in [0, 0.05) is 32.7 Å². The van der Waals surface area contributed by atoms with E-state index in [4.69, 9.17) is 0 Å². The van der Waals surface area contributed by atoms with Crippen molar-refractivity contribution in [1.29, 1.82) is 0 Å². The lowest BCUT2D eigenvalue weighted by atomic mass is 9.83. The first kappa shape index (κ1) is 47.7. The van der Waals surface area contributed by atoms with Crippen molar-refractivity contribution in [2.45, 2.75) is 0 Å². The smallest absolute Gasteiger partial charge is 0.0619 e. The molecule has 15 aromatic carbocycles. The summed E-state index contributed by atoms with van der Waals surface area (Å²) in [6.45, 7) is 0. The minimum atomic E-state index is 1.14. The van der Waals surface area contributed by atoms with Crippen LogP contribution in [0.2, 0.25) is 0 Å². The van der Waals surface area contributed by atoms with Gasteiger partial charge in [0.25, 0.3) is 0 Å². The number of hydrogen-bond donors (Lipinski definition) is 0. The molecule has 0 atom stereocenters. The molecule has 0 aliphatic carbocycles. The van der Waals surface area contributed by atoms with Gasteiger partial charge in [-0.05, 0) is 147 Å². The first-order chi connectivity index (χ1) is 41.7. The zero-order valence-electron chi connectivity index (χ0n) is 45.9. The zero-order chi connectivity index (χ0) is 55.2. The van der Waals surface area contributed by atoms with E-state index in [1.165, 1.54) is 120 Å². The Labute approximate surface area is 486 Å². The lowest BCUT2D eigenvalue weighted by molar-refractivity contribution is 1.15. The average molecular weight is 1070 g/mol. The molecular formula is C82H52N2. The summed E-state index contributed by atoms with van der Waals surface area (Å²) in [5.41, 5.74) is 18.6. The van der Waals surface area contributed by atoms with Crippen LogP contribution in [0.4, 0.5) is 0 Å². The monoisotopic (exact) mass is 1060 g/mol. The van der Waals surface area contributed by atoms with Crippen molar-refractivity contribution < 1.29 is 0 Å². The van der Waals surface area contributed by atoms with Crippen LogP contribution in [0.25, 0.3) is 165 Å². The first-order valence-electron chi connectivity index (χ1n) is 29.1. The maximum Gasteiger partial charge on any atom is 0.0619 e. The van der Waals surface area contributed by atoms with Crippen molar-refractivity contribution in [3.63, 3.8) is 0 Å². The van der Waals surface area contributed by atoms with Gasteiger partial charge >= 0.3 is 0 Å². The molecule has 0 N–H and O–H groups in total. The summed E-state index contributed by atoms with van der Waals surface area (Å²) in [7, 11) is 0. The predicted molar refractivity (Wildman–Crippen MR) is 358 cm³/mol. The van der Waals surface area contributed by atoms with Crippen molar-refractivity contribution in [1.82, 2.24) is 9.13 Å². The highest BCUT2D eigenvalue weighted by Gasteiger charge is 2.29. The normalized spacial score (nSPS) is 11.8. The molecule has 0 radical (unpaired) electrons. The predicted octanol–water partition coefficient (Wildman–Crippen LogP) is 22.5. The van der Waals surface area contributed by atoms with E-state index in [1.54, 1.807) is 0 Å². The van der Waals surface area contributed by atoms with Crippen LogP contribution in [0, 0.1) is 0 Å². The minimum Gasteiger partial charge on any atom is -0.308 e. The summed E-state index contributed by atoms with van der Waals surface area (Å²) >= 11 is 0. The van der Waals surface area contributed by atoms with Crippen molar-refractivity contribution in [2.75, 3.05) is 0 Å².